The highest BCUT2D eigenvalue weighted by atomic mass is 32.1. The fraction of sp³-hybridized carbons (Fsp3) is 0.667. The fourth-order valence-corrected chi connectivity index (χ4v) is 4.08. The van der Waals surface area contributed by atoms with Gasteiger partial charge >= 0.3 is 6.09 Å². The number of rotatable bonds is 2. The Morgan fingerprint density at radius 3 is 2.43 bits per heavy atom. The minimum atomic E-state index is -0.449. The number of hydrogen-bond donors (Lipinski definition) is 0. The minimum absolute atomic E-state index is 0.0127. The molecule has 1 saturated carbocycles. The Balaban J connectivity index is 1.58. The molecule has 3 rings (SSSR count). The first-order valence-corrected chi connectivity index (χ1v) is 8.08. The van der Waals surface area contributed by atoms with Crippen LogP contribution in [0.3, 0.4) is 0 Å². The van der Waals surface area contributed by atoms with Crippen LogP contribution in [0, 0.1) is 11.8 Å². The summed E-state index contributed by atoms with van der Waals surface area (Å²) in [5.74, 6) is 1.38. The number of ketones is 1. The van der Waals surface area contributed by atoms with Gasteiger partial charge in [-0.2, -0.15) is 0 Å². The third-order valence-corrected chi connectivity index (χ3v) is 4.96. The normalized spacial score (nSPS) is 27.4. The second kappa shape index (κ2) is 4.80. The summed E-state index contributed by atoms with van der Waals surface area (Å²) < 4.78 is 5.40. The number of Topliss-reactive ketones (excluding diaryl/α,β-unsaturated/α-hetero) is 1. The predicted molar refractivity (Wildman–Crippen MR) is 79.6 cm³/mol. The van der Waals surface area contributed by atoms with Crippen molar-refractivity contribution in [1.82, 2.24) is 9.88 Å². The lowest BCUT2D eigenvalue weighted by molar-refractivity contribution is 0.0271. The first kappa shape index (κ1) is 14.5. The van der Waals surface area contributed by atoms with E-state index in [1.54, 1.807) is 16.2 Å². The zero-order valence-electron chi connectivity index (χ0n) is 12.8. The highest BCUT2D eigenvalue weighted by molar-refractivity contribution is 7.10. The van der Waals surface area contributed by atoms with Gasteiger partial charge in [0.15, 0.2) is 5.78 Å². The molecule has 1 saturated heterocycles. The maximum absolute atomic E-state index is 12.0. The number of ether oxygens (including phenoxy) is 1. The predicted octanol–water partition coefficient (Wildman–Crippen LogP) is 2.93. The highest BCUT2D eigenvalue weighted by Crippen LogP contribution is 2.58. The monoisotopic (exact) mass is 308 g/mol. The Morgan fingerprint density at radius 1 is 1.33 bits per heavy atom. The van der Waals surface area contributed by atoms with E-state index in [4.69, 9.17) is 4.74 Å². The van der Waals surface area contributed by atoms with Crippen molar-refractivity contribution in [3.63, 3.8) is 0 Å². The summed E-state index contributed by atoms with van der Waals surface area (Å²) in [5.41, 5.74) is 0.110. The molecule has 2 heterocycles. The molecule has 2 aliphatic rings. The minimum Gasteiger partial charge on any atom is -0.444 e. The van der Waals surface area contributed by atoms with Crippen molar-refractivity contribution in [1.29, 1.82) is 0 Å². The molecule has 0 radical (unpaired) electrons. The molecule has 1 amide bonds. The molecule has 114 valence electrons. The molecule has 0 N–H and O–H groups in total. The van der Waals surface area contributed by atoms with E-state index in [2.05, 4.69) is 4.98 Å². The maximum Gasteiger partial charge on any atom is 0.410 e. The van der Waals surface area contributed by atoms with Crippen LogP contribution in [0.4, 0.5) is 4.79 Å². The number of carbonyl (C=O) groups excluding carboxylic acids is 2. The van der Waals surface area contributed by atoms with E-state index in [9.17, 15) is 9.59 Å². The Labute approximate surface area is 128 Å². The van der Waals surface area contributed by atoms with Crippen LogP contribution < -0.4 is 0 Å². The highest BCUT2D eigenvalue weighted by Gasteiger charge is 2.59. The van der Waals surface area contributed by atoms with Gasteiger partial charge < -0.3 is 9.64 Å². The van der Waals surface area contributed by atoms with Gasteiger partial charge in [0, 0.05) is 31.3 Å². The molecule has 2 fully saturated rings. The Morgan fingerprint density at radius 2 is 1.95 bits per heavy atom. The van der Waals surface area contributed by atoms with Crippen LogP contribution in [0.5, 0.6) is 0 Å². The van der Waals surface area contributed by atoms with Gasteiger partial charge in [-0.05, 0) is 32.6 Å². The van der Waals surface area contributed by atoms with E-state index < -0.39 is 5.60 Å². The number of amides is 1. The van der Waals surface area contributed by atoms with Crippen molar-refractivity contribution in [2.45, 2.75) is 39.2 Å². The zero-order valence-corrected chi connectivity index (χ0v) is 13.6. The van der Waals surface area contributed by atoms with Crippen molar-refractivity contribution in [3.8, 4) is 0 Å². The van der Waals surface area contributed by atoms with Crippen molar-refractivity contribution >= 4 is 23.2 Å². The molecule has 1 aliphatic heterocycles. The zero-order chi connectivity index (χ0) is 15.4. The van der Waals surface area contributed by atoms with Crippen LogP contribution in [0.2, 0.25) is 0 Å². The summed E-state index contributed by atoms with van der Waals surface area (Å²) in [6, 6.07) is 0. The van der Waals surface area contributed by atoms with Gasteiger partial charge in [-0.25, -0.2) is 9.78 Å². The van der Waals surface area contributed by atoms with E-state index in [0.29, 0.717) is 23.4 Å². The largest absolute Gasteiger partial charge is 0.444 e. The van der Waals surface area contributed by atoms with E-state index in [1.165, 1.54) is 6.92 Å². The third kappa shape index (κ3) is 2.81. The van der Waals surface area contributed by atoms with Gasteiger partial charge in [0.25, 0.3) is 0 Å². The molecule has 6 heteroatoms. The Hall–Kier alpha value is -1.43. The second-order valence-corrected chi connectivity index (χ2v) is 7.76. The average molecular weight is 308 g/mol. The van der Waals surface area contributed by atoms with Crippen LogP contribution in [-0.2, 0) is 4.74 Å². The molecular formula is C15H20N2O3S. The average Bonchev–Trinajstić information content (AvgIpc) is 2.82. The number of thiazole rings is 1. The lowest BCUT2D eigenvalue weighted by Gasteiger charge is -2.25. The number of hydrogen-bond acceptors (Lipinski definition) is 5. The number of nitrogens with zero attached hydrogens (tertiary/aromatic N) is 2. The smallest absolute Gasteiger partial charge is 0.410 e. The van der Waals surface area contributed by atoms with Crippen LogP contribution >= 0.6 is 11.3 Å². The summed E-state index contributed by atoms with van der Waals surface area (Å²) in [4.78, 5) is 29.5. The van der Waals surface area contributed by atoms with Gasteiger partial charge in [0.1, 0.15) is 11.3 Å². The molecule has 0 spiro atoms. The van der Waals surface area contributed by atoms with Gasteiger partial charge in [-0.1, -0.05) is 0 Å². The number of fused-ring (bicyclic) bond motifs is 1. The molecule has 21 heavy (non-hydrogen) atoms. The van der Waals surface area contributed by atoms with Crippen LogP contribution in [-0.4, -0.2) is 40.5 Å². The van der Waals surface area contributed by atoms with Crippen LogP contribution in [0.25, 0.3) is 0 Å². The maximum atomic E-state index is 12.0. The summed E-state index contributed by atoms with van der Waals surface area (Å²) >= 11 is 1.56. The molecular weight excluding hydrogens is 288 g/mol. The first-order valence-electron chi connectivity index (χ1n) is 7.20. The molecule has 1 unspecified atom stereocenters. The van der Waals surface area contributed by atoms with E-state index in [0.717, 1.165) is 18.1 Å². The number of piperidine rings is 1. The van der Waals surface area contributed by atoms with E-state index in [-0.39, 0.29) is 11.9 Å². The molecule has 0 bridgehead atoms. The molecule has 0 aromatic carbocycles. The first-order chi connectivity index (χ1) is 9.76. The van der Waals surface area contributed by atoms with Gasteiger partial charge in [-0.3, -0.25) is 4.79 Å². The van der Waals surface area contributed by atoms with Gasteiger partial charge in [0.05, 0.1) is 5.01 Å². The quantitative estimate of drug-likeness (QED) is 0.788. The number of aromatic nitrogens is 1. The van der Waals surface area contributed by atoms with Gasteiger partial charge in [-0.15, -0.1) is 11.3 Å². The second-order valence-electron chi connectivity index (χ2n) is 6.87. The van der Waals surface area contributed by atoms with Crippen LogP contribution in [0.1, 0.15) is 49.1 Å². The molecule has 3 atom stereocenters. The Bertz CT molecular complexity index is 578. The fourth-order valence-electron chi connectivity index (χ4n) is 2.97. The topological polar surface area (TPSA) is 59.5 Å². The van der Waals surface area contributed by atoms with Crippen molar-refractivity contribution in [2.75, 3.05) is 13.1 Å². The summed E-state index contributed by atoms with van der Waals surface area (Å²) in [6.07, 6.45) is -0.225. The SMILES string of the molecule is CC(=O)c1csc(C2[C@H]3CN(C(=O)OC(C)(C)C)C[C@@H]23)n1. The third-order valence-electron chi connectivity index (χ3n) is 4.01. The number of likely N-dealkylation sites (tertiary alicyclic amines) is 1. The Kier molecular flexibility index (Phi) is 3.31. The summed E-state index contributed by atoms with van der Waals surface area (Å²) in [5, 5.41) is 2.87. The molecule has 1 aromatic rings. The standard InChI is InChI=1S/C15H20N2O3S/c1-8(18)11-7-21-13(16-11)12-9-5-17(6-10(9)12)14(19)20-15(2,3)4/h7,9-10,12H,5-6H2,1-4H3/t9-,10+,12?. The van der Waals surface area contributed by atoms with Gasteiger partial charge in [0.2, 0.25) is 0 Å². The van der Waals surface area contributed by atoms with Crippen molar-refractivity contribution in [2.24, 2.45) is 11.8 Å². The van der Waals surface area contributed by atoms with E-state index >= 15 is 0 Å². The lowest BCUT2D eigenvalue weighted by Crippen LogP contribution is -2.36. The summed E-state index contributed by atoms with van der Waals surface area (Å²) in [6.45, 7) is 8.64. The molecule has 5 nitrogen and oxygen atoms in total. The van der Waals surface area contributed by atoms with Crippen molar-refractivity contribution in [3.05, 3.63) is 16.1 Å². The molecule has 1 aliphatic carbocycles. The van der Waals surface area contributed by atoms with Crippen molar-refractivity contribution < 1.29 is 14.3 Å². The lowest BCUT2D eigenvalue weighted by atomic mass is 10.2. The molecule has 1 aromatic heterocycles. The van der Waals surface area contributed by atoms with Crippen LogP contribution in [0.15, 0.2) is 5.38 Å². The summed E-state index contributed by atoms with van der Waals surface area (Å²) in [7, 11) is 0. The number of carbonyl (C=O) groups is 2. The van der Waals surface area contributed by atoms with E-state index in [1.807, 2.05) is 26.2 Å².